The summed E-state index contributed by atoms with van der Waals surface area (Å²) < 4.78 is 0. The van der Waals surface area contributed by atoms with Crippen molar-refractivity contribution in [3.8, 4) is 0 Å². The van der Waals surface area contributed by atoms with Crippen LogP contribution < -0.4 is 11.5 Å². The smallest absolute Gasteiger partial charge is 0.00461 e. The van der Waals surface area contributed by atoms with Gasteiger partial charge in [-0.25, -0.2) is 0 Å². The monoisotopic (exact) mass is 134 g/mol. The van der Waals surface area contributed by atoms with Crippen LogP contribution in [0.15, 0.2) is 0 Å². The first-order chi connectivity index (χ1) is 1.91. The third kappa shape index (κ3) is 24.5. The largest absolute Gasteiger partial charge is 0.329 e. The van der Waals surface area contributed by atoms with E-state index in [0.717, 1.165) is 0 Å². The minimum absolute atomic E-state index is 0. The zero-order chi connectivity index (χ0) is 3.41. The van der Waals surface area contributed by atoms with Crippen LogP contribution in [-0.2, 0) is 0 Å². The van der Waals surface area contributed by atoms with E-state index in [1.807, 2.05) is 0 Å². The Bertz CT molecular complexity index is 11.5. The van der Waals surface area contributed by atoms with Crippen molar-refractivity contribution < 1.29 is 0 Å². The van der Waals surface area contributed by atoms with Crippen molar-refractivity contribution >= 4 is 24.8 Å². The Labute approximate surface area is 50.1 Å². The number of hydrogen-bond acceptors (Lipinski definition) is 2. The second-order valence-corrected chi connectivity index (χ2v) is 0.577. The van der Waals surface area contributed by atoms with E-state index in [-0.39, 0.29) is 24.8 Å². The molecule has 0 aromatic rings. The van der Waals surface area contributed by atoms with Crippen molar-refractivity contribution in [1.82, 2.24) is 0 Å². The second kappa shape index (κ2) is 17.8. The lowest BCUT2D eigenvalue weighted by molar-refractivity contribution is 0.976. The van der Waals surface area contributed by atoms with Gasteiger partial charge in [-0.05, 0) is 0 Å². The molecule has 0 atom stereocenters. The normalized spacial score (nSPS) is 5.00. The maximum Gasteiger partial charge on any atom is 0.00461 e. The van der Waals surface area contributed by atoms with Gasteiger partial charge in [-0.15, -0.1) is 24.8 Å². The van der Waals surface area contributed by atoms with Crippen LogP contribution in [0.25, 0.3) is 0 Å². The molecule has 0 amide bonds. The molecule has 0 aliphatic rings. The predicted molar refractivity (Wildman–Crippen MR) is 32.6 cm³/mol. The highest BCUT2D eigenvalue weighted by molar-refractivity contribution is 5.85. The first-order valence-corrected chi connectivity index (χ1v) is 1.32. The van der Waals surface area contributed by atoms with Crippen LogP contribution in [0.2, 0.25) is 0 Å². The molecule has 0 spiro atoms. The lowest BCUT2D eigenvalue weighted by atomic mass is 11.6. The molecule has 0 aliphatic heterocycles. The Kier molecular flexibility index (Phi) is 47.7. The molecule has 0 bridgehead atoms. The van der Waals surface area contributed by atoms with E-state index < -0.39 is 0 Å². The average Bonchev–Trinajstić information content (AvgIpc) is 1.37. The van der Waals surface area contributed by atoms with Crippen molar-refractivity contribution in [2.45, 2.75) is 0 Å². The summed E-state index contributed by atoms with van der Waals surface area (Å²) in [6, 6.07) is 0. The molecular weight excluding hydrogens is 125 g/mol. The van der Waals surface area contributed by atoms with E-state index in [1.54, 1.807) is 0 Å². The molecule has 0 radical (unpaired) electrons. The molecule has 0 aromatic carbocycles. The minimum atomic E-state index is 0. The summed E-state index contributed by atoms with van der Waals surface area (Å²) in [6.07, 6.45) is 0. The van der Waals surface area contributed by atoms with Crippen molar-refractivity contribution in [3.63, 3.8) is 0 Å². The molecule has 0 saturated carbocycles. The third-order valence-corrected chi connectivity index (χ3v) is 0.167. The van der Waals surface area contributed by atoms with E-state index in [1.165, 1.54) is 0 Å². The van der Waals surface area contributed by atoms with Crippen LogP contribution >= 0.6 is 24.8 Å². The maximum atomic E-state index is 4.90. The fourth-order valence-corrected chi connectivity index (χ4v) is 0. The molecule has 0 rings (SSSR count). The van der Waals surface area contributed by atoms with Gasteiger partial charge in [-0.2, -0.15) is 0 Å². The first kappa shape index (κ1) is 16.1. The Hall–Kier alpha value is 0.500. The Balaban J connectivity index is -0.0000000450. The predicted octanol–water partition coefficient (Wildman–Crippen LogP) is -0.253. The summed E-state index contributed by atoms with van der Waals surface area (Å²) >= 11 is 0. The summed E-state index contributed by atoms with van der Waals surface area (Å²) in [7, 11) is 0. The highest BCUT2D eigenvalue weighted by Gasteiger charge is 1.54. The van der Waals surface area contributed by atoms with Crippen molar-refractivity contribution in [1.29, 1.82) is 0 Å². The molecule has 0 aliphatic carbocycles. The van der Waals surface area contributed by atoms with Gasteiger partial charge in [-0.3, -0.25) is 0 Å². The molecule has 6 heavy (non-hydrogen) atoms. The van der Waals surface area contributed by atoms with Crippen LogP contribution in [0.1, 0.15) is 0 Å². The summed E-state index contributed by atoms with van der Waals surface area (Å²) in [6.45, 7) is 1.19. The second-order valence-electron chi connectivity index (χ2n) is 0.577. The molecule has 0 heterocycles. The van der Waals surface area contributed by atoms with Crippen LogP contribution in [0.4, 0.5) is 0 Å². The third-order valence-electron chi connectivity index (χ3n) is 0.167. The van der Waals surface area contributed by atoms with Gasteiger partial charge in [0.15, 0.2) is 0 Å². The Morgan fingerprint density at radius 2 is 1.00 bits per heavy atom. The zero-order valence-corrected chi connectivity index (χ0v) is 5.02. The van der Waals surface area contributed by atoms with Gasteiger partial charge in [0.05, 0.1) is 0 Å². The Morgan fingerprint density at radius 1 is 0.833 bits per heavy atom. The fraction of sp³-hybridized carbons (Fsp3) is 1.00. The van der Waals surface area contributed by atoms with Gasteiger partial charge in [0.25, 0.3) is 0 Å². The SMILES string of the molecule is Cl.Cl.N[13CH2][13CH2]N. The first-order valence-electron chi connectivity index (χ1n) is 1.32. The minimum Gasteiger partial charge on any atom is -0.329 e. The molecule has 2 nitrogen and oxygen atoms in total. The molecule has 4 N–H and O–H groups in total. The molecule has 4 heteroatoms. The van der Waals surface area contributed by atoms with Crippen molar-refractivity contribution in [3.05, 3.63) is 0 Å². The Morgan fingerprint density at radius 3 is 1.00 bits per heavy atom. The van der Waals surface area contributed by atoms with Crippen LogP contribution in [0, 0.1) is 0 Å². The fourth-order valence-electron chi connectivity index (χ4n) is 0. The summed E-state index contributed by atoms with van der Waals surface area (Å²) in [5.74, 6) is 0. The quantitative estimate of drug-likeness (QED) is 0.487. The van der Waals surface area contributed by atoms with Gasteiger partial charge in [0, 0.05) is 13.1 Å². The molecular formula is C2H10Cl2N2. The van der Waals surface area contributed by atoms with E-state index in [2.05, 4.69) is 0 Å². The molecule has 0 unspecified atom stereocenters. The molecule has 0 fully saturated rings. The van der Waals surface area contributed by atoms with E-state index >= 15 is 0 Å². The highest BCUT2D eigenvalue weighted by atomic mass is 35.5. The number of hydrogen-bond donors (Lipinski definition) is 2. The number of halogens is 2. The van der Waals surface area contributed by atoms with Crippen molar-refractivity contribution in [2.75, 3.05) is 13.1 Å². The lowest BCUT2D eigenvalue weighted by Gasteiger charge is -1.72. The highest BCUT2D eigenvalue weighted by Crippen LogP contribution is 1.24. The van der Waals surface area contributed by atoms with Gasteiger partial charge in [-0.1, -0.05) is 0 Å². The summed E-state index contributed by atoms with van der Waals surface area (Å²) in [5, 5.41) is 0. The van der Waals surface area contributed by atoms with E-state index in [9.17, 15) is 0 Å². The van der Waals surface area contributed by atoms with Gasteiger partial charge in [0.1, 0.15) is 0 Å². The maximum absolute atomic E-state index is 4.90. The van der Waals surface area contributed by atoms with Crippen LogP contribution in [0.3, 0.4) is 0 Å². The standard InChI is InChI=1S/C2H8N2.2ClH/c3-1-2-4;;/h1-4H2;2*1H/i1+1,2+1;;. The van der Waals surface area contributed by atoms with Gasteiger partial charge in [0.2, 0.25) is 0 Å². The molecule has 42 valence electrons. The summed E-state index contributed by atoms with van der Waals surface area (Å²) in [4.78, 5) is 0. The molecule has 0 aromatic heterocycles. The lowest BCUT2D eigenvalue weighted by Crippen LogP contribution is -2.11. The van der Waals surface area contributed by atoms with E-state index in [4.69, 9.17) is 11.5 Å². The number of nitrogens with two attached hydrogens (primary N) is 2. The summed E-state index contributed by atoms with van der Waals surface area (Å²) in [5.41, 5.74) is 9.81. The van der Waals surface area contributed by atoms with Crippen LogP contribution in [-0.4, -0.2) is 13.1 Å². The van der Waals surface area contributed by atoms with Crippen molar-refractivity contribution in [2.24, 2.45) is 11.5 Å². The van der Waals surface area contributed by atoms with Gasteiger partial charge >= 0.3 is 0 Å². The zero-order valence-electron chi connectivity index (χ0n) is 3.39. The van der Waals surface area contributed by atoms with Gasteiger partial charge < -0.3 is 11.5 Å². The van der Waals surface area contributed by atoms with E-state index in [0.29, 0.717) is 13.1 Å². The van der Waals surface area contributed by atoms with Crippen LogP contribution in [0.5, 0.6) is 0 Å². The molecule has 0 saturated heterocycles. The number of rotatable bonds is 1. The average molecular weight is 135 g/mol. The topological polar surface area (TPSA) is 52.0 Å².